The molecule has 0 aromatic heterocycles. The molecular weight excluding hydrogens is 776 g/mol. The predicted octanol–water partition coefficient (Wildman–Crippen LogP) is -1.15. The van der Waals surface area contributed by atoms with Gasteiger partial charge in [0.2, 0.25) is 12.0 Å². The zero-order chi connectivity index (χ0) is 42.7. The molecular formula is C38H48O20. The molecule has 0 unspecified atom stereocenters. The minimum atomic E-state index is -1.91. The molecule has 20 heteroatoms. The van der Waals surface area contributed by atoms with Gasteiger partial charge in [-0.25, -0.2) is 4.79 Å². The third-order valence-electron chi connectivity index (χ3n) is 9.02. The fourth-order valence-electron chi connectivity index (χ4n) is 5.93. The van der Waals surface area contributed by atoms with Gasteiger partial charge in [0.25, 0.3) is 0 Å². The molecule has 2 saturated heterocycles. The number of carboxylic acids is 1. The van der Waals surface area contributed by atoms with Gasteiger partial charge < -0.3 is 83.9 Å². The van der Waals surface area contributed by atoms with Crippen LogP contribution in [0.25, 0.3) is 12.2 Å². The van der Waals surface area contributed by atoms with E-state index in [-0.39, 0.29) is 29.6 Å². The molecule has 9 N–H and O–H groups in total. The van der Waals surface area contributed by atoms with Gasteiger partial charge >= 0.3 is 17.9 Å². The van der Waals surface area contributed by atoms with Crippen molar-refractivity contribution in [1.82, 2.24) is 0 Å². The van der Waals surface area contributed by atoms with Crippen LogP contribution in [0.4, 0.5) is 0 Å². The lowest BCUT2D eigenvalue weighted by atomic mass is 9.95. The summed E-state index contributed by atoms with van der Waals surface area (Å²) < 4.78 is 43.7. The molecule has 0 amide bonds. The third-order valence-corrected chi connectivity index (χ3v) is 9.02. The maximum atomic E-state index is 12.9. The smallest absolute Gasteiger partial charge is 0.330 e. The number of rotatable bonds is 18. The van der Waals surface area contributed by atoms with Crippen LogP contribution in [0.2, 0.25) is 0 Å². The van der Waals surface area contributed by atoms with E-state index in [0.29, 0.717) is 11.1 Å². The maximum absolute atomic E-state index is 12.9. The number of hydrogen-bond acceptors (Lipinski definition) is 19. The summed E-state index contributed by atoms with van der Waals surface area (Å²) in [6.07, 6.45) is -12.6. The van der Waals surface area contributed by atoms with Crippen LogP contribution in [0.1, 0.15) is 30.9 Å². The zero-order valence-corrected chi connectivity index (χ0v) is 31.6. The summed E-state index contributed by atoms with van der Waals surface area (Å²) in [4.78, 5) is 37.0. The molecule has 2 aliphatic heterocycles. The number of carboxylic acid groups (broad SMARTS) is 1. The number of hydrogen-bond donors (Lipinski definition) is 9. The standard InChI is InChI=1S/C38H48O20/c1-38(15-26(41)42,58-37-34(50)32(48)30(46)25(56-37)18-54-27(43)11-8-19-6-9-21(40)10-7-19)16-28(44)53-12-4-5-20-13-22(51-2)35(23(14-20)52-3)57-36-33(49)31(47)29(45)24(17-39)55-36/h4-11,13-14,24-25,29-34,36-37,39-40,45-50H,12,15-18H2,1-3H3,(H,41,42)/b5-4+,11-8+/t24-,25-,29-,30-,31+,32+,33-,34-,36+,37+,38+/m1/s1. The number of phenols is 1. The molecule has 2 heterocycles. The van der Waals surface area contributed by atoms with Gasteiger partial charge in [-0.3, -0.25) is 9.59 Å². The van der Waals surface area contributed by atoms with Crippen LogP contribution >= 0.6 is 0 Å². The highest BCUT2D eigenvalue weighted by Gasteiger charge is 2.48. The lowest BCUT2D eigenvalue weighted by Gasteiger charge is -2.43. The van der Waals surface area contributed by atoms with E-state index in [1.807, 2.05) is 0 Å². The van der Waals surface area contributed by atoms with Crippen molar-refractivity contribution in [3.05, 3.63) is 59.7 Å². The Morgan fingerprint density at radius 1 is 0.759 bits per heavy atom. The van der Waals surface area contributed by atoms with Crippen molar-refractivity contribution < 1.29 is 98.2 Å². The van der Waals surface area contributed by atoms with Gasteiger partial charge in [-0.15, -0.1) is 0 Å². The monoisotopic (exact) mass is 824 g/mol. The number of ether oxygens (including phenoxy) is 8. The van der Waals surface area contributed by atoms with Crippen LogP contribution in [0.15, 0.2) is 48.6 Å². The van der Waals surface area contributed by atoms with E-state index >= 15 is 0 Å². The Labute approximate surface area is 331 Å². The van der Waals surface area contributed by atoms with Gasteiger partial charge in [-0.1, -0.05) is 18.2 Å². The zero-order valence-electron chi connectivity index (χ0n) is 31.6. The number of phenolic OH excluding ortho intramolecular Hbond substituents is 1. The average molecular weight is 825 g/mol. The second kappa shape index (κ2) is 20.7. The second-order valence-corrected chi connectivity index (χ2v) is 13.5. The summed E-state index contributed by atoms with van der Waals surface area (Å²) in [6.45, 7) is -0.366. The first-order chi connectivity index (χ1) is 27.5. The van der Waals surface area contributed by atoms with Gasteiger partial charge in [0, 0.05) is 6.08 Å². The van der Waals surface area contributed by atoms with Crippen molar-refractivity contribution >= 4 is 30.1 Å². The molecule has 58 heavy (non-hydrogen) atoms. The van der Waals surface area contributed by atoms with Crippen molar-refractivity contribution in [2.24, 2.45) is 0 Å². The number of aliphatic hydroxyl groups excluding tert-OH is 7. The molecule has 2 fully saturated rings. The number of aromatic hydroxyl groups is 1. The minimum Gasteiger partial charge on any atom is -0.508 e. The molecule has 11 atom stereocenters. The first kappa shape index (κ1) is 45.8. The maximum Gasteiger partial charge on any atom is 0.330 e. The van der Waals surface area contributed by atoms with Crippen LogP contribution in [0.5, 0.6) is 23.0 Å². The lowest BCUT2D eigenvalue weighted by Crippen LogP contribution is -2.61. The van der Waals surface area contributed by atoms with Crippen LogP contribution in [-0.2, 0) is 38.1 Å². The Bertz CT molecular complexity index is 1720. The molecule has 2 aliphatic rings. The SMILES string of the molecule is COc1cc(/C=C/COC(=O)C[C@](C)(CC(=O)O)O[C@@H]2O[C@H](COC(=O)/C=C/c3ccc(O)cc3)[C@@H](O)[C@H](O)[C@H]2O)cc(OC)c1O[C@@H]1O[C@H](CO)[C@@H](O)[C@H](O)[C@H]1O. The van der Waals surface area contributed by atoms with E-state index in [0.717, 1.165) is 6.08 Å². The number of aliphatic carboxylic acids is 1. The molecule has 0 radical (unpaired) electrons. The molecule has 20 nitrogen and oxygen atoms in total. The topological polar surface area (TPSA) is 307 Å². The quantitative estimate of drug-likeness (QED) is 0.0633. The fraction of sp³-hybridized carbons (Fsp3) is 0.500. The highest BCUT2D eigenvalue weighted by Crippen LogP contribution is 2.41. The summed E-state index contributed by atoms with van der Waals surface area (Å²) in [5.74, 6) is -3.02. The first-order valence-corrected chi connectivity index (χ1v) is 17.8. The van der Waals surface area contributed by atoms with E-state index in [4.69, 9.17) is 37.9 Å². The predicted molar refractivity (Wildman–Crippen MR) is 195 cm³/mol. The van der Waals surface area contributed by atoms with Crippen molar-refractivity contribution in [2.45, 2.75) is 86.8 Å². The van der Waals surface area contributed by atoms with Crippen LogP contribution in [0.3, 0.4) is 0 Å². The van der Waals surface area contributed by atoms with Crippen LogP contribution < -0.4 is 14.2 Å². The van der Waals surface area contributed by atoms with Gasteiger partial charge in [0.1, 0.15) is 67.8 Å². The van der Waals surface area contributed by atoms with Gasteiger partial charge in [-0.05, 0) is 54.5 Å². The number of methoxy groups -OCH3 is 2. The second-order valence-electron chi connectivity index (χ2n) is 13.5. The van der Waals surface area contributed by atoms with E-state index in [1.54, 1.807) is 12.1 Å². The van der Waals surface area contributed by atoms with Crippen molar-refractivity contribution in [3.63, 3.8) is 0 Å². The summed E-state index contributed by atoms with van der Waals surface area (Å²) in [7, 11) is 2.63. The molecule has 2 aromatic carbocycles. The number of benzene rings is 2. The summed E-state index contributed by atoms with van der Waals surface area (Å²) in [5.41, 5.74) is -0.867. The molecule has 0 bridgehead atoms. The van der Waals surface area contributed by atoms with Gasteiger partial charge in [0.05, 0.1) is 39.3 Å². The Balaban J connectivity index is 1.36. The normalized spacial score (nSPS) is 28.4. The van der Waals surface area contributed by atoms with Crippen molar-refractivity contribution in [3.8, 4) is 23.0 Å². The Hall–Kier alpha value is -4.87. The van der Waals surface area contributed by atoms with Gasteiger partial charge in [-0.2, -0.15) is 0 Å². The highest BCUT2D eigenvalue weighted by molar-refractivity contribution is 5.87. The van der Waals surface area contributed by atoms with Crippen molar-refractivity contribution in [2.75, 3.05) is 34.0 Å². The summed E-state index contributed by atoms with van der Waals surface area (Å²) in [5, 5.41) is 90.7. The first-order valence-electron chi connectivity index (χ1n) is 17.8. The largest absolute Gasteiger partial charge is 0.508 e. The Kier molecular flexibility index (Phi) is 16.4. The number of aliphatic hydroxyl groups is 7. The van der Waals surface area contributed by atoms with Crippen LogP contribution in [0, 0.1) is 0 Å². The summed E-state index contributed by atoms with van der Waals surface area (Å²) in [6, 6.07) is 8.88. The number of carbonyl (C=O) groups excluding carboxylic acids is 2. The molecule has 0 saturated carbocycles. The molecule has 0 spiro atoms. The number of esters is 2. The molecule has 0 aliphatic carbocycles. The van der Waals surface area contributed by atoms with E-state index in [2.05, 4.69) is 0 Å². The Morgan fingerprint density at radius 2 is 1.34 bits per heavy atom. The third kappa shape index (κ3) is 12.1. The van der Waals surface area contributed by atoms with E-state index < -0.39 is 111 Å². The Morgan fingerprint density at radius 3 is 1.93 bits per heavy atom. The lowest BCUT2D eigenvalue weighted by molar-refractivity contribution is -0.325. The van der Waals surface area contributed by atoms with E-state index in [1.165, 1.54) is 63.6 Å². The molecule has 4 rings (SSSR count). The molecule has 2 aromatic rings. The van der Waals surface area contributed by atoms with Crippen LogP contribution in [-0.4, -0.2) is 165 Å². The number of carbonyl (C=O) groups is 3. The highest BCUT2D eigenvalue weighted by atomic mass is 16.7. The van der Waals surface area contributed by atoms with E-state index in [9.17, 15) is 60.3 Å². The van der Waals surface area contributed by atoms with Gasteiger partial charge in [0.15, 0.2) is 17.8 Å². The van der Waals surface area contributed by atoms with Crippen molar-refractivity contribution in [1.29, 1.82) is 0 Å². The molecule has 320 valence electrons. The summed E-state index contributed by atoms with van der Waals surface area (Å²) >= 11 is 0. The minimum absolute atomic E-state index is 0.0294. The fourth-order valence-corrected chi connectivity index (χ4v) is 5.93. The average Bonchev–Trinajstić information content (AvgIpc) is 3.18.